The fraction of sp³-hybridized carbons (Fsp3) is 1.00. The van der Waals surface area contributed by atoms with Gasteiger partial charge in [0.2, 0.25) is 0 Å². The minimum Gasteiger partial charge on any atom is -0.382 e. The Morgan fingerprint density at radius 3 is 2.40 bits per heavy atom. The van der Waals surface area contributed by atoms with Gasteiger partial charge in [0, 0.05) is 13.2 Å². The van der Waals surface area contributed by atoms with Gasteiger partial charge in [-0.3, -0.25) is 0 Å². The van der Waals surface area contributed by atoms with Crippen LogP contribution < -0.4 is 5.32 Å². The molecule has 0 saturated heterocycles. The average molecular weight is 217 g/mol. The van der Waals surface area contributed by atoms with Crippen LogP contribution in [-0.4, -0.2) is 39.0 Å². The first-order chi connectivity index (χ1) is 7.24. The van der Waals surface area contributed by atoms with Crippen LogP contribution >= 0.6 is 0 Å². The predicted molar refractivity (Wildman–Crippen MR) is 64.3 cm³/mol. The van der Waals surface area contributed by atoms with Gasteiger partial charge in [-0.05, 0) is 26.3 Å². The van der Waals surface area contributed by atoms with Crippen LogP contribution in [0.4, 0.5) is 0 Å². The van der Waals surface area contributed by atoms with Gasteiger partial charge < -0.3 is 14.8 Å². The summed E-state index contributed by atoms with van der Waals surface area (Å²) < 4.78 is 10.7. The Morgan fingerprint density at radius 1 is 1.13 bits per heavy atom. The normalized spacial score (nSPS) is 15.2. The van der Waals surface area contributed by atoms with Gasteiger partial charge in [0.05, 0.1) is 19.3 Å². The van der Waals surface area contributed by atoms with E-state index in [-0.39, 0.29) is 6.10 Å². The molecular formula is C12H27NO2. The molecule has 2 unspecified atom stereocenters. The van der Waals surface area contributed by atoms with E-state index in [0.29, 0.717) is 12.6 Å². The molecule has 0 spiro atoms. The van der Waals surface area contributed by atoms with Gasteiger partial charge in [-0.15, -0.1) is 0 Å². The largest absolute Gasteiger partial charge is 0.382 e. The second-order valence-corrected chi connectivity index (χ2v) is 4.04. The summed E-state index contributed by atoms with van der Waals surface area (Å²) in [6, 6.07) is 0.495. The maximum Gasteiger partial charge on any atom is 0.0781 e. The number of nitrogens with one attached hydrogen (secondary N) is 1. The fourth-order valence-electron chi connectivity index (χ4n) is 1.50. The molecule has 15 heavy (non-hydrogen) atoms. The van der Waals surface area contributed by atoms with E-state index in [1.807, 2.05) is 6.92 Å². The van der Waals surface area contributed by atoms with Crippen LogP contribution in [0.2, 0.25) is 0 Å². The smallest absolute Gasteiger partial charge is 0.0781 e. The summed E-state index contributed by atoms with van der Waals surface area (Å²) in [4.78, 5) is 0. The van der Waals surface area contributed by atoms with E-state index in [0.717, 1.165) is 13.2 Å². The Balaban J connectivity index is 3.63. The highest BCUT2D eigenvalue weighted by Gasteiger charge is 2.09. The minimum atomic E-state index is 0.192. The molecule has 0 bridgehead atoms. The molecule has 0 radical (unpaired) electrons. The lowest BCUT2D eigenvalue weighted by atomic mass is 10.2. The number of hydrogen-bond acceptors (Lipinski definition) is 3. The zero-order valence-electron chi connectivity index (χ0n) is 10.7. The lowest BCUT2D eigenvalue weighted by molar-refractivity contribution is -0.00114. The van der Waals surface area contributed by atoms with E-state index in [1.54, 1.807) is 7.11 Å². The quantitative estimate of drug-likeness (QED) is 0.608. The summed E-state index contributed by atoms with van der Waals surface area (Å²) in [5, 5.41) is 3.50. The standard InChI is InChI=1S/C12H27NO2/c1-5-7-12(13-8-6-2)10-15-11(3)9-14-4/h11-13H,5-10H2,1-4H3. The molecule has 0 amide bonds. The first kappa shape index (κ1) is 14.9. The Hall–Kier alpha value is -0.120. The van der Waals surface area contributed by atoms with Crippen LogP contribution in [0.5, 0.6) is 0 Å². The van der Waals surface area contributed by atoms with E-state index in [2.05, 4.69) is 19.2 Å². The van der Waals surface area contributed by atoms with Crippen LogP contribution in [0.1, 0.15) is 40.0 Å². The summed E-state index contributed by atoms with van der Waals surface area (Å²) >= 11 is 0. The van der Waals surface area contributed by atoms with Crippen molar-refractivity contribution < 1.29 is 9.47 Å². The molecule has 0 rings (SSSR count). The van der Waals surface area contributed by atoms with E-state index >= 15 is 0 Å². The second kappa shape index (κ2) is 10.4. The van der Waals surface area contributed by atoms with Crippen molar-refractivity contribution in [2.45, 2.75) is 52.2 Å². The van der Waals surface area contributed by atoms with Crippen molar-refractivity contribution in [2.24, 2.45) is 0 Å². The van der Waals surface area contributed by atoms with Crippen molar-refractivity contribution in [3.8, 4) is 0 Å². The van der Waals surface area contributed by atoms with Crippen molar-refractivity contribution in [1.82, 2.24) is 5.32 Å². The Kier molecular flexibility index (Phi) is 10.3. The number of methoxy groups -OCH3 is 1. The number of rotatable bonds is 10. The van der Waals surface area contributed by atoms with Gasteiger partial charge in [0.25, 0.3) is 0 Å². The van der Waals surface area contributed by atoms with Crippen LogP contribution in [0.15, 0.2) is 0 Å². The molecule has 0 aromatic carbocycles. The molecule has 0 saturated carbocycles. The lowest BCUT2D eigenvalue weighted by Crippen LogP contribution is -2.35. The Morgan fingerprint density at radius 2 is 1.87 bits per heavy atom. The molecular weight excluding hydrogens is 190 g/mol. The number of ether oxygens (including phenoxy) is 2. The fourth-order valence-corrected chi connectivity index (χ4v) is 1.50. The van der Waals surface area contributed by atoms with E-state index in [4.69, 9.17) is 9.47 Å². The van der Waals surface area contributed by atoms with Gasteiger partial charge in [-0.25, -0.2) is 0 Å². The average Bonchev–Trinajstić information content (AvgIpc) is 2.22. The molecule has 0 aliphatic carbocycles. The lowest BCUT2D eigenvalue weighted by Gasteiger charge is -2.20. The maximum absolute atomic E-state index is 5.71. The topological polar surface area (TPSA) is 30.5 Å². The molecule has 0 heterocycles. The molecule has 0 aliphatic heterocycles. The second-order valence-electron chi connectivity index (χ2n) is 4.04. The highest BCUT2D eigenvalue weighted by Crippen LogP contribution is 2.00. The first-order valence-corrected chi connectivity index (χ1v) is 6.08. The molecule has 0 aromatic heterocycles. The Labute approximate surface area is 94.5 Å². The molecule has 0 aromatic rings. The highest BCUT2D eigenvalue weighted by atomic mass is 16.5. The van der Waals surface area contributed by atoms with Gasteiger partial charge in [0.15, 0.2) is 0 Å². The maximum atomic E-state index is 5.71. The molecule has 3 heteroatoms. The van der Waals surface area contributed by atoms with E-state index in [9.17, 15) is 0 Å². The van der Waals surface area contributed by atoms with Crippen LogP contribution in [-0.2, 0) is 9.47 Å². The third-order valence-corrected chi connectivity index (χ3v) is 2.30. The molecule has 0 fully saturated rings. The summed E-state index contributed by atoms with van der Waals surface area (Å²) in [6.45, 7) is 8.98. The molecule has 2 atom stereocenters. The van der Waals surface area contributed by atoms with Crippen molar-refractivity contribution in [3.63, 3.8) is 0 Å². The highest BCUT2D eigenvalue weighted by molar-refractivity contribution is 4.65. The molecule has 1 N–H and O–H groups in total. The van der Waals surface area contributed by atoms with Crippen LogP contribution in [0.3, 0.4) is 0 Å². The minimum absolute atomic E-state index is 0.192. The zero-order valence-corrected chi connectivity index (χ0v) is 10.7. The Bertz CT molecular complexity index is 131. The molecule has 92 valence electrons. The molecule has 3 nitrogen and oxygen atoms in total. The van der Waals surface area contributed by atoms with Gasteiger partial charge in [-0.1, -0.05) is 20.3 Å². The summed E-state index contributed by atoms with van der Waals surface area (Å²) in [5.41, 5.74) is 0. The predicted octanol–water partition coefficient (Wildman–Crippen LogP) is 2.21. The number of hydrogen-bond donors (Lipinski definition) is 1. The summed E-state index contributed by atoms with van der Waals surface area (Å²) in [7, 11) is 1.71. The van der Waals surface area contributed by atoms with E-state index in [1.165, 1.54) is 19.3 Å². The third kappa shape index (κ3) is 8.85. The van der Waals surface area contributed by atoms with Crippen molar-refractivity contribution >= 4 is 0 Å². The van der Waals surface area contributed by atoms with Gasteiger partial charge in [0.1, 0.15) is 0 Å². The van der Waals surface area contributed by atoms with Crippen LogP contribution in [0.25, 0.3) is 0 Å². The van der Waals surface area contributed by atoms with Crippen molar-refractivity contribution in [3.05, 3.63) is 0 Å². The van der Waals surface area contributed by atoms with E-state index < -0.39 is 0 Å². The summed E-state index contributed by atoms with van der Waals surface area (Å²) in [6.07, 6.45) is 3.74. The monoisotopic (exact) mass is 217 g/mol. The summed E-state index contributed by atoms with van der Waals surface area (Å²) in [5.74, 6) is 0. The third-order valence-electron chi connectivity index (χ3n) is 2.30. The SMILES string of the molecule is CCCNC(CCC)COC(C)COC. The molecule has 0 aliphatic rings. The van der Waals surface area contributed by atoms with Crippen molar-refractivity contribution in [1.29, 1.82) is 0 Å². The van der Waals surface area contributed by atoms with Crippen LogP contribution in [0, 0.1) is 0 Å². The first-order valence-electron chi connectivity index (χ1n) is 6.08. The zero-order chi connectivity index (χ0) is 11.5. The van der Waals surface area contributed by atoms with Gasteiger partial charge >= 0.3 is 0 Å². The van der Waals surface area contributed by atoms with Gasteiger partial charge in [-0.2, -0.15) is 0 Å². The van der Waals surface area contributed by atoms with Crippen molar-refractivity contribution in [2.75, 3.05) is 26.9 Å².